The molecule has 0 unspecified atom stereocenters. The zero-order valence-electron chi connectivity index (χ0n) is 10.7. The Morgan fingerprint density at radius 1 is 1.26 bits per heavy atom. The topological polar surface area (TPSA) is 75.1 Å². The number of alkyl halides is 3. The van der Waals surface area contributed by atoms with Gasteiger partial charge in [-0.05, 0) is 6.07 Å². The second-order valence-electron chi connectivity index (χ2n) is 4.96. The summed E-state index contributed by atoms with van der Waals surface area (Å²) in [5.41, 5.74) is -1.52. The first-order valence-corrected chi connectivity index (χ1v) is 5.42. The summed E-state index contributed by atoms with van der Waals surface area (Å²) in [6, 6.07) is 0.867. The molecule has 0 amide bonds. The molecular formula is C11H14F3N3O2. The molecule has 0 atom stereocenters. The average molecular weight is 277 g/mol. The zero-order chi connectivity index (χ0) is 14.8. The minimum atomic E-state index is -4.61. The van der Waals surface area contributed by atoms with E-state index in [9.17, 15) is 18.0 Å². The molecule has 0 aliphatic heterocycles. The van der Waals surface area contributed by atoms with E-state index < -0.39 is 29.8 Å². The number of hydrogen-bond acceptors (Lipinski definition) is 4. The number of hydrogen-bond donors (Lipinski definition) is 2. The van der Waals surface area contributed by atoms with Crippen LogP contribution in [0.2, 0.25) is 0 Å². The van der Waals surface area contributed by atoms with E-state index in [1.165, 1.54) is 0 Å². The Hall–Kier alpha value is -1.86. The Morgan fingerprint density at radius 2 is 1.79 bits per heavy atom. The van der Waals surface area contributed by atoms with Gasteiger partial charge in [0, 0.05) is 5.41 Å². The highest BCUT2D eigenvalue weighted by atomic mass is 19.4. The van der Waals surface area contributed by atoms with Gasteiger partial charge in [-0.1, -0.05) is 20.8 Å². The molecule has 0 saturated carbocycles. The van der Waals surface area contributed by atoms with E-state index in [4.69, 9.17) is 5.11 Å². The molecule has 0 bridgehead atoms. The van der Waals surface area contributed by atoms with Crippen LogP contribution in [-0.4, -0.2) is 27.6 Å². The summed E-state index contributed by atoms with van der Waals surface area (Å²) in [5.74, 6) is -1.56. The van der Waals surface area contributed by atoms with E-state index in [1.54, 1.807) is 20.8 Å². The van der Waals surface area contributed by atoms with Crippen LogP contribution in [0.25, 0.3) is 0 Å². The molecule has 0 saturated heterocycles. The molecule has 5 nitrogen and oxygen atoms in total. The van der Waals surface area contributed by atoms with Crippen molar-refractivity contribution in [2.45, 2.75) is 32.4 Å². The molecule has 0 aliphatic carbocycles. The van der Waals surface area contributed by atoms with E-state index in [2.05, 4.69) is 15.3 Å². The lowest BCUT2D eigenvalue weighted by molar-refractivity contribution is -0.141. The summed E-state index contributed by atoms with van der Waals surface area (Å²) >= 11 is 0. The van der Waals surface area contributed by atoms with Crippen LogP contribution in [-0.2, 0) is 16.4 Å². The largest absolute Gasteiger partial charge is 0.480 e. The SMILES string of the molecule is CC(C)(C)c1cc(C(F)(F)F)nc(NCC(=O)O)n1. The number of aliphatic carboxylic acids is 1. The predicted octanol–water partition coefficient (Wildman–Crippen LogP) is 2.29. The minimum absolute atomic E-state index is 0.183. The summed E-state index contributed by atoms with van der Waals surface area (Å²) in [6.07, 6.45) is -4.61. The van der Waals surface area contributed by atoms with Crippen LogP contribution in [0.15, 0.2) is 6.07 Å². The van der Waals surface area contributed by atoms with E-state index >= 15 is 0 Å². The standard InChI is InChI=1S/C11H14F3N3O2/c1-10(2,3)6-4-7(11(12,13)14)17-9(16-6)15-5-8(18)19/h4H,5H2,1-3H3,(H,18,19)(H,15,16,17). The first-order valence-electron chi connectivity index (χ1n) is 5.42. The summed E-state index contributed by atoms with van der Waals surface area (Å²) in [7, 11) is 0. The molecule has 1 heterocycles. The maximum absolute atomic E-state index is 12.7. The highest BCUT2D eigenvalue weighted by Gasteiger charge is 2.34. The second kappa shape index (κ2) is 5.02. The van der Waals surface area contributed by atoms with Crippen LogP contribution in [0.5, 0.6) is 0 Å². The Balaban J connectivity index is 3.21. The summed E-state index contributed by atoms with van der Waals surface area (Å²) in [5, 5.41) is 10.7. The Labute approximate surface area is 107 Å². The Bertz CT molecular complexity index is 449. The number of carboxylic acids is 1. The second-order valence-corrected chi connectivity index (χ2v) is 4.96. The lowest BCUT2D eigenvalue weighted by Gasteiger charge is -2.20. The average Bonchev–Trinajstić information content (AvgIpc) is 2.23. The molecule has 1 aromatic heterocycles. The van der Waals surface area contributed by atoms with E-state index in [0.717, 1.165) is 6.07 Å². The summed E-state index contributed by atoms with van der Waals surface area (Å²) < 4.78 is 38.1. The van der Waals surface area contributed by atoms with Gasteiger partial charge < -0.3 is 10.4 Å². The number of carbonyl (C=O) groups is 1. The molecule has 0 spiro atoms. The van der Waals surface area contributed by atoms with Gasteiger partial charge in [-0.2, -0.15) is 13.2 Å². The lowest BCUT2D eigenvalue weighted by Crippen LogP contribution is -2.21. The number of rotatable bonds is 3. The molecular weight excluding hydrogens is 263 g/mol. The van der Waals surface area contributed by atoms with Gasteiger partial charge in [0.2, 0.25) is 5.95 Å². The maximum Gasteiger partial charge on any atom is 0.433 e. The van der Waals surface area contributed by atoms with Gasteiger partial charge in [0.1, 0.15) is 12.2 Å². The van der Waals surface area contributed by atoms with Crippen LogP contribution in [0.1, 0.15) is 32.2 Å². The molecule has 0 fully saturated rings. The van der Waals surface area contributed by atoms with Crippen molar-refractivity contribution in [1.29, 1.82) is 0 Å². The van der Waals surface area contributed by atoms with Crippen molar-refractivity contribution in [1.82, 2.24) is 9.97 Å². The van der Waals surface area contributed by atoms with Gasteiger partial charge in [0.25, 0.3) is 0 Å². The monoisotopic (exact) mass is 277 g/mol. The highest BCUT2D eigenvalue weighted by Crippen LogP contribution is 2.31. The number of halogens is 3. The molecule has 19 heavy (non-hydrogen) atoms. The van der Waals surface area contributed by atoms with Crippen molar-refractivity contribution >= 4 is 11.9 Å². The maximum atomic E-state index is 12.7. The van der Waals surface area contributed by atoms with Crippen molar-refractivity contribution < 1.29 is 23.1 Å². The summed E-state index contributed by atoms with van der Waals surface area (Å²) in [4.78, 5) is 17.6. The minimum Gasteiger partial charge on any atom is -0.480 e. The van der Waals surface area contributed by atoms with Crippen molar-refractivity contribution in [2.75, 3.05) is 11.9 Å². The number of nitrogens with one attached hydrogen (secondary N) is 1. The fourth-order valence-corrected chi connectivity index (χ4v) is 1.21. The third-order valence-electron chi connectivity index (χ3n) is 2.18. The Morgan fingerprint density at radius 3 is 2.21 bits per heavy atom. The zero-order valence-corrected chi connectivity index (χ0v) is 10.7. The first kappa shape index (κ1) is 15.2. The third kappa shape index (κ3) is 4.38. The van der Waals surface area contributed by atoms with Gasteiger partial charge >= 0.3 is 12.1 Å². The molecule has 1 aromatic rings. The predicted molar refractivity (Wildman–Crippen MR) is 61.9 cm³/mol. The molecule has 2 N–H and O–H groups in total. The molecule has 0 radical (unpaired) electrons. The number of aromatic nitrogens is 2. The van der Waals surface area contributed by atoms with Crippen molar-refractivity contribution in [3.63, 3.8) is 0 Å². The van der Waals surface area contributed by atoms with E-state index in [1.807, 2.05) is 0 Å². The smallest absolute Gasteiger partial charge is 0.433 e. The van der Waals surface area contributed by atoms with Crippen LogP contribution in [0.3, 0.4) is 0 Å². The molecule has 106 valence electrons. The fourth-order valence-electron chi connectivity index (χ4n) is 1.21. The number of carboxylic acid groups (broad SMARTS) is 1. The highest BCUT2D eigenvalue weighted by molar-refractivity contribution is 5.71. The molecule has 1 rings (SSSR count). The quantitative estimate of drug-likeness (QED) is 0.886. The summed E-state index contributed by atoms with van der Waals surface area (Å²) in [6.45, 7) is 4.56. The van der Waals surface area contributed by atoms with Crippen LogP contribution >= 0.6 is 0 Å². The van der Waals surface area contributed by atoms with E-state index in [0.29, 0.717) is 0 Å². The van der Waals surface area contributed by atoms with Crippen molar-refractivity contribution in [3.8, 4) is 0 Å². The number of anilines is 1. The normalized spacial score (nSPS) is 12.3. The fraction of sp³-hybridized carbons (Fsp3) is 0.545. The van der Waals surface area contributed by atoms with Crippen molar-refractivity contribution in [2.24, 2.45) is 0 Å². The van der Waals surface area contributed by atoms with Gasteiger partial charge in [0.15, 0.2) is 0 Å². The molecule has 8 heteroatoms. The van der Waals surface area contributed by atoms with Crippen molar-refractivity contribution in [3.05, 3.63) is 17.5 Å². The van der Waals surface area contributed by atoms with E-state index in [-0.39, 0.29) is 11.6 Å². The third-order valence-corrected chi connectivity index (χ3v) is 2.18. The Kier molecular flexibility index (Phi) is 4.02. The van der Waals surface area contributed by atoms with Crippen LogP contribution < -0.4 is 5.32 Å². The van der Waals surface area contributed by atoms with Crippen LogP contribution in [0, 0.1) is 0 Å². The van der Waals surface area contributed by atoms with Crippen LogP contribution in [0.4, 0.5) is 19.1 Å². The molecule has 0 aromatic carbocycles. The first-order chi connectivity index (χ1) is 8.50. The van der Waals surface area contributed by atoms with Gasteiger partial charge in [0.05, 0.1) is 5.69 Å². The molecule has 0 aliphatic rings. The van der Waals surface area contributed by atoms with Gasteiger partial charge in [-0.25, -0.2) is 9.97 Å². The van der Waals surface area contributed by atoms with Gasteiger partial charge in [-0.15, -0.1) is 0 Å². The van der Waals surface area contributed by atoms with Gasteiger partial charge in [-0.3, -0.25) is 4.79 Å². The lowest BCUT2D eigenvalue weighted by atomic mass is 9.91. The number of nitrogens with zero attached hydrogens (tertiary/aromatic N) is 2.